The number of benzene rings is 1. The first-order valence-corrected chi connectivity index (χ1v) is 8.37. The number of nitrogens with two attached hydrogens (primary N) is 1. The van der Waals surface area contributed by atoms with Crippen LogP contribution in [0.5, 0.6) is 0 Å². The largest absolute Gasteiger partial charge is 0.399 e. The first-order valence-electron chi connectivity index (χ1n) is 4.87. The number of nitro groups is 1. The van der Waals surface area contributed by atoms with Gasteiger partial charge in [-0.1, -0.05) is 25.6 Å². The Morgan fingerprint density at radius 3 is 2.50 bits per heavy atom. The second-order valence-corrected chi connectivity index (χ2v) is 9.28. The standard InChI is InChI=1S/C11H14N2O2Si/c1-16(2,3)7-6-9-4-5-10(12)8-11(9)13(14)15/h4-5,8H,12H2,1-3H3. The van der Waals surface area contributed by atoms with Gasteiger partial charge in [-0.3, -0.25) is 10.1 Å². The lowest BCUT2D eigenvalue weighted by molar-refractivity contribution is -0.385. The summed E-state index contributed by atoms with van der Waals surface area (Å²) in [5.41, 5.74) is 9.39. The summed E-state index contributed by atoms with van der Waals surface area (Å²) in [6.45, 7) is 6.26. The number of rotatable bonds is 1. The summed E-state index contributed by atoms with van der Waals surface area (Å²) in [6.07, 6.45) is 0. The van der Waals surface area contributed by atoms with Crippen molar-refractivity contribution in [3.63, 3.8) is 0 Å². The average molecular weight is 234 g/mol. The first-order chi connectivity index (χ1) is 7.29. The lowest BCUT2D eigenvalue weighted by Crippen LogP contribution is -2.16. The lowest BCUT2D eigenvalue weighted by atomic mass is 10.2. The van der Waals surface area contributed by atoms with Crippen molar-refractivity contribution in [3.8, 4) is 11.5 Å². The van der Waals surface area contributed by atoms with Crippen molar-refractivity contribution in [2.24, 2.45) is 0 Å². The van der Waals surface area contributed by atoms with Gasteiger partial charge in [-0.2, -0.15) is 0 Å². The van der Waals surface area contributed by atoms with Crippen molar-refractivity contribution < 1.29 is 4.92 Å². The fourth-order valence-corrected chi connectivity index (χ4v) is 1.57. The fourth-order valence-electron chi connectivity index (χ4n) is 1.06. The normalized spacial score (nSPS) is 10.4. The molecule has 1 rings (SSSR count). The summed E-state index contributed by atoms with van der Waals surface area (Å²) in [4.78, 5) is 10.3. The molecule has 0 amide bonds. The topological polar surface area (TPSA) is 69.2 Å². The molecule has 0 aliphatic heterocycles. The van der Waals surface area contributed by atoms with Gasteiger partial charge in [0.15, 0.2) is 0 Å². The molecule has 0 aliphatic carbocycles. The molecule has 0 aliphatic rings. The summed E-state index contributed by atoms with van der Waals surface area (Å²) in [5.74, 6) is 2.88. The van der Waals surface area contributed by atoms with Gasteiger partial charge >= 0.3 is 0 Å². The van der Waals surface area contributed by atoms with E-state index < -0.39 is 13.0 Å². The SMILES string of the molecule is C[Si](C)(C)C#Cc1ccc(N)cc1[N+](=O)[O-]. The van der Waals surface area contributed by atoms with Crippen molar-refractivity contribution in [2.45, 2.75) is 19.6 Å². The molecule has 0 bridgehead atoms. The minimum atomic E-state index is -1.53. The molecule has 5 heteroatoms. The van der Waals surface area contributed by atoms with E-state index in [4.69, 9.17) is 5.73 Å². The smallest absolute Gasteiger partial charge is 0.286 e. The third-order valence-corrected chi connectivity index (χ3v) is 2.67. The van der Waals surface area contributed by atoms with Gasteiger partial charge in [-0.25, -0.2) is 0 Å². The molecule has 0 spiro atoms. The molecule has 0 atom stereocenters. The Morgan fingerprint density at radius 1 is 1.38 bits per heavy atom. The predicted octanol–water partition coefficient (Wildman–Crippen LogP) is 2.41. The predicted molar refractivity (Wildman–Crippen MR) is 67.7 cm³/mol. The second-order valence-electron chi connectivity index (χ2n) is 4.53. The van der Waals surface area contributed by atoms with Gasteiger partial charge in [0.05, 0.1) is 4.92 Å². The summed E-state index contributed by atoms with van der Waals surface area (Å²) in [6, 6.07) is 4.57. The quantitative estimate of drug-likeness (QED) is 0.267. The first kappa shape index (κ1) is 12.3. The summed E-state index contributed by atoms with van der Waals surface area (Å²) < 4.78 is 0. The fraction of sp³-hybridized carbons (Fsp3) is 0.273. The zero-order valence-electron chi connectivity index (χ0n) is 9.57. The molecule has 0 radical (unpaired) electrons. The van der Waals surface area contributed by atoms with E-state index in [-0.39, 0.29) is 5.69 Å². The maximum absolute atomic E-state index is 10.8. The highest BCUT2D eigenvalue weighted by Crippen LogP contribution is 2.20. The Kier molecular flexibility index (Phi) is 3.35. The van der Waals surface area contributed by atoms with Crippen LogP contribution in [-0.4, -0.2) is 13.0 Å². The van der Waals surface area contributed by atoms with E-state index in [0.29, 0.717) is 11.3 Å². The van der Waals surface area contributed by atoms with Gasteiger partial charge in [-0.05, 0) is 12.1 Å². The molecular weight excluding hydrogens is 220 g/mol. The maximum atomic E-state index is 10.8. The Balaban J connectivity index is 3.23. The molecule has 0 saturated carbocycles. The molecule has 0 fully saturated rings. The molecule has 84 valence electrons. The number of hydrogen-bond donors (Lipinski definition) is 1. The highest BCUT2D eigenvalue weighted by atomic mass is 28.3. The number of anilines is 1. The molecule has 0 saturated heterocycles. The molecule has 0 aromatic heterocycles. The van der Waals surface area contributed by atoms with Crippen molar-refractivity contribution >= 4 is 19.4 Å². The van der Waals surface area contributed by atoms with Crippen molar-refractivity contribution in [2.75, 3.05) is 5.73 Å². The molecular formula is C11H14N2O2Si. The van der Waals surface area contributed by atoms with Crippen molar-refractivity contribution in [1.82, 2.24) is 0 Å². The average Bonchev–Trinajstić information content (AvgIpc) is 2.14. The third kappa shape index (κ3) is 3.40. The van der Waals surface area contributed by atoms with Crippen LogP contribution in [0.25, 0.3) is 0 Å². The van der Waals surface area contributed by atoms with Crippen LogP contribution in [-0.2, 0) is 0 Å². The minimum absolute atomic E-state index is 0.0225. The second kappa shape index (κ2) is 4.37. The van der Waals surface area contributed by atoms with E-state index in [1.165, 1.54) is 6.07 Å². The summed E-state index contributed by atoms with van der Waals surface area (Å²) >= 11 is 0. The molecule has 4 nitrogen and oxygen atoms in total. The Labute approximate surface area is 95.6 Å². The Morgan fingerprint density at radius 2 is 2.00 bits per heavy atom. The molecule has 16 heavy (non-hydrogen) atoms. The monoisotopic (exact) mass is 234 g/mol. The van der Waals surface area contributed by atoms with Crippen molar-refractivity contribution in [1.29, 1.82) is 0 Å². The van der Waals surface area contributed by atoms with Gasteiger partial charge in [0, 0.05) is 11.8 Å². The van der Waals surface area contributed by atoms with E-state index in [2.05, 4.69) is 31.1 Å². The highest BCUT2D eigenvalue weighted by molar-refractivity contribution is 6.83. The van der Waals surface area contributed by atoms with Crippen LogP contribution in [0.15, 0.2) is 18.2 Å². The number of hydrogen-bond acceptors (Lipinski definition) is 3. The Bertz CT molecular complexity index is 481. The van der Waals surface area contributed by atoms with Gasteiger partial charge in [-0.15, -0.1) is 5.54 Å². The molecule has 2 N–H and O–H groups in total. The number of nitrogen functional groups attached to an aromatic ring is 1. The van der Waals surface area contributed by atoms with Gasteiger partial charge < -0.3 is 5.73 Å². The van der Waals surface area contributed by atoms with Crippen LogP contribution in [0.4, 0.5) is 11.4 Å². The number of nitro benzene ring substituents is 1. The zero-order valence-corrected chi connectivity index (χ0v) is 10.6. The van der Waals surface area contributed by atoms with E-state index in [0.717, 1.165) is 0 Å². The van der Waals surface area contributed by atoms with Crippen LogP contribution >= 0.6 is 0 Å². The maximum Gasteiger partial charge on any atom is 0.286 e. The Hall–Kier alpha value is -1.80. The highest BCUT2D eigenvalue weighted by Gasteiger charge is 2.13. The van der Waals surface area contributed by atoms with E-state index in [1.807, 2.05) is 0 Å². The van der Waals surface area contributed by atoms with Crippen LogP contribution in [0.1, 0.15) is 5.56 Å². The van der Waals surface area contributed by atoms with E-state index >= 15 is 0 Å². The van der Waals surface area contributed by atoms with Crippen LogP contribution in [0, 0.1) is 21.6 Å². The van der Waals surface area contributed by atoms with Crippen molar-refractivity contribution in [3.05, 3.63) is 33.9 Å². The molecule has 0 unspecified atom stereocenters. The zero-order chi connectivity index (χ0) is 12.3. The van der Waals surface area contributed by atoms with E-state index in [1.54, 1.807) is 12.1 Å². The van der Waals surface area contributed by atoms with E-state index in [9.17, 15) is 10.1 Å². The number of nitrogens with zero attached hydrogens (tertiary/aromatic N) is 1. The summed E-state index contributed by atoms with van der Waals surface area (Å²) in [5, 5.41) is 10.8. The lowest BCUT2D eigenvalue weighted by Gasteiger charge is -2.03. The van der Waals surface area contributed by atoms with Gasteiger partial charge in [0.1, 0.15) is 13.6 Å². The molecule has 1 aromatic rings. The van der Waals surface area contributed by atoms with Crippen LogP contribution in [0.2, 0.25) is 19.6 Å². The van der Waals surface area contributed by atoms with Gasteiger partial charge in [0.2, 0.25) is 0 Å². The molecule has 1 aromatic carbocycles. The minimum Gasteiger partial charge on any atom is -0.399 e. The summed E-state index contributed by atoms with van der Waals surface area (Å²) in [7, 11) is -1.53. The van der Waals surface area contributed by atoms with Gasteiger partial charge in [0.25, 0.3) is 5.69 Å². The van der Waals surface area contributed by atoms with Crippen LogP contribution in [0.3, 0.4) is 0 Å². The molecule has 0 heterocycles. The van der Waals surface area contributed by atoms with Crippen LogP contribution < -0.4 is 5.73 Å². The third-order valence-electron chi connectivity index (χ3n) is 1.79.